The molecule has 0 spiro atoms. The summed E-state index contributed by atoms with van der Waals surface area (Å²) in [5, 5.41) is 8.24. The van der Waals surface area contributed by atoms with E-state index in [9.17, 15) is 14.4 Å². The van der Waals surface area contributed by atoms with Crippen molar-refractivity contribution in [2.45, 2.75) is 20.4 Å². The van der Waals surface area contributed by atoms with Gasteiger partial charge in [0.2, 0.25) is 5.91 Å². The van der Waals surface area contributed by atoms with E-state index in [-0.39, 0.29) is 12.1 Å². The standard InChI is InChI=1S/C20H19N3O4/c1-12-14(20(26)27-3)9-6-10-17(12)21-18(24)11-23-19(25)16-8-5-4-7-15(16)13(2)22-23/h4-10H,11H2,1-3H3,(H,21,24). The minimum atomic E-state index is -0.480. The maximum Gasteiger partial charge on any atom is 0.338 e. The van der Waals surface area contributed by atoms with E-state index in [1.165, 1.54) is 7.11 Å². The van der Waals surface area contributed by atoms with Crippen LogP contribution in [0.25, 0.3) is 10.8 Å². The molecule has 0 fully saturated rings. The van der Waals surface area contributed by atoms with Crippen LogP contribution in [0.3, 0.4) is 0 Å². The molecule has 0 bridgehead atoms. The number of ether oxygens (including phenoxy) is 1. The molecule has 0 aliphatic carbocycles. The lowest BCUT2D eigenvalue weighted by Crippen LogP contribution is -2.30. The molecule has 0 unspecified atom stereocenters. The molecule has 7 nitrogen and oxygen atoms in total. The molecule has 138 valence electrons. The summed E-state index contributed by atoms with van der Waals surface area (Å²) >= 11 is 0. The van der Waals surface area contributed by atoms with Crippen molar-refractivity contribution in [2.75, 3.05) is 12.4 Å². The van der Waals surface area contributed by atoms with E-state index in [0.717, 1.165) is 10.1 Å². The van der Waals surface area contributed by atoms with E-state index in [4.69, 9.17) is 4.74 Å². The van der Waals surface area contributed by atoms with Crippen LogP contribution in [-0.4, -0.2) is 28.8 Å². The summed E-state index contributed by atoms with van der Waals surface area (Å²) in [6, 6.07) is 12.1. The summed E-state index contributed by atoms with van der Waals surface area (Å²) in [5.74, 6) is -0.893. The average Bonchev–Trinajstić information content (AvgIpc) is 2.67. The monoisotopic (exact) mass is 365 g/mol. The van der Waals surface area contributed by atoms with Crippen molar-refractivity contribution in [1.82, 2.24) is 9.78 Å². The normalized spacial score (nSPS) is 10.6. The van der Waals surface area contributed by atoms with Crippen LogP contribution < -0.4 is 10.9 Å². The van der Waals surface area contributed by atoms with Gasteiger partial charge in [0.05, 0.1) is 23.8 Å². The van der Waals surface area contributed by atoms with Crippen LogP contribution in [0.1, 0.15) is 21.6 Å². The summed E-state index contributed by atoms with van der Waals surface area (Å²) in [4.78, 5) is 36.8. The van der Waals surface area contributed by atoms with Crippen LogP contribution in [0.2, 0.25) is 0 Å². The summed E-state index contributed by atoms with van der Waals surface area (Å²) < 4.78 is 5.88. The first-order valence-electron chi connectivity index (χ1n) is 8.36. The van der Waals surface area contributed by atoms with Gasteiger partial charge in [0.1, 0.15) is 6.54 Å². The molecule has 0 aliphatic rings. The van der Waals surface area contributed by atoms with Gasteiger partial charge < -0.3 is 10.1 Å². The SMILES string of the molecule is COC(=O)c1cccc(NC(=O)Cn2nc(C)c3ccccc3c2=O)c1C. The molecular weight excluding hydrogens is 346 g/mol. The van der Waals surface area contributed by atoms with E-state index < -0.39 is 11.9 Å². The minimum Gasteiger partial charge on any atom is -0.465 e. The smallest absolute Gasteiger partial charge is 0.338 e. The lowest BCUT2D eigenvalue weighted by molar-refractivity contribution is -0.117. The fourth-order valence-corrected chi connectivity index (χ4v) is 2.94. The topological polar surface area (TPSA) is 90.3 Å². The number of carbonyl (C=O) groups is 2. The number of aromatic nitrogens is 2. The zero-order chi connectivity index (χ0) is 19.6. The lowest BCUT2D eigenvalue weighted by Gasteiger charge is -2.12. The third-order valence-corrected chi connectivity index (χ3v) is 4.36. The van der Waals surface area contributed by atoms with Crippen LogP contribution in [0.15, 0.2) is 47.3 Å². The van der Waals surface area contributed by atoms with Crippen molar-refractivity contribution in [3.05, 3.63) is 69.6 Å². The molecule has 1 amide bonds. The van der Waals surface area contributed by atoms with Crippen molar-refractivity contribution in [3.63, 3.8) is 0 Å². The van der Waals surface area contributed by atoms with Crippen LogP contribution in [0, 0.1) is 13.8 Å². The molecule has 7 heteroatoms. The number of anilines is 1. The molecular formula is C20H19N3O4. The number of hydrogen-bond donors (Lipinski definition) is 1. The first-order chi connectivity index (χ1) is 12.9. The first-order valence-corrected chi connectivity index (χ1v) is 8.36. The predicted octanol–water partition coefficient (Wildman–Crippen LogP) is 2.44. The Hall–Kier alpha value is -3.48. The summed E-state index contributed by atoms with van der Waals surface area (Å²) in [6.45, 7) is 3.28. The minimum absolute atomic E-state index is 0.230. The van der Waals surface area contributed by atoms with Gasteiger partial charge in [-0.3, -0.25) is 9.59 Å². The molecule has 0 saturated heterocycles. The summed E-state index contributed by atoms with van der Waals surface area (Å²) in [6.07, 6.45) is 0. The number of amides is 1. The Morgan fingerprint density at radius 1 is 1.07 bits per heavy atom. The highest BCUT2D eigenvalue weighted by atomic mass is 16.5. The van der Waals surface area contributed by atoms with Gasteiger partial charge in [-0.05, 0) is 37.6 Å². The van der Waals surface area contributed by atoms with Crippen LogP contribution in [0.4, 0.5) is 5.69 Å². The van der Waals surface area contributed by atoms with Crippen molar-refractivity contribution < 1.29 is 14.3 Å². The van der Waals surface area contributed by atoms with Gasteiger partial charge in [0.25, 0.3) is 5.56 Å². The molecule has 0 aliphatic heterocycles. The number of hydrogen-bond acceptors (Lipinski definition) is 5. The van der Waals surface area contributed by atoms with Crippen LogP contribution in [-0.2, 0) is 16.1 Å². The maximum atomic E-state index is 12.6. The van der Waals surface area contributed by atoms with Gasteiger partial charge in [-0.2, -0.15) is 5.10 Å². The van der Waals surface area contributed by atoms with Crippen LogP contribution in [0.5, 0.6) is 0 Å². The molecule has 2 aromatic carbocycles. The Labute approximate surface area is 155 Å². The largest absolute Gasteiger partial charge is 0.465 e. The Balaban J connectivity index is 1.87. The molecule has 3 rings (SSSR count). The second-order valence-corrected chi connectivity index (χ2v) is 6.11. The number of aryl methyl sites for hydroxylation is 1. The van der Waals surface area contributed by atoms with Crippen molar-refractivity contribution in [1.29, 1.82) is 0 Å². The number of esters is 1. The van der Waals surface area contributed by atoms with E-state index in [2.05, 4.69) is 10.4 Å². The Kier molecular flexibility index (Phi) is 5.03. The molecule has 0 atom stereocenters. The Morgan fingerprint density at radius 3 is 2.48 bits per heavy atom. The molecule has 1 N–H and O–H groups in total. The molecule has 0 radical (unpaired) electrons. The average molecular weight is 365 g/mol. The third-order valence-electron chi connectivity index (χ3n) is 4.36. The van der Waals surface area contributed by atoms with Crippen molar-refractivity contribution in [3.8, 4) is 0 Å². The van der Waals surface area contributed by atoms with E-state index in [1.807, 2.05) is 12.1 Å². The number of carbonyl (C=O) groups excluding carboxylic acids is 2. The molecule has 0 saturated carbocycles. The van der Waals surface area contributed by atoms with Crippen LogP contribution >= 0.6 is 0 Å². The fourth-order valence-electron chi connectivity index (χ4n) is 2.94. The maximum absolute atomic E-state index is 12.6. The highest BCUT2D eigenvalue weighted by Gasteiger charge is 2.15. The van der Waals surface area contributed by atoms with Crippen molar-refractivity contribution >= 4 is 28.3 Å². The zero-order valence-electron chi connectivity index (χ0n) is 15.3. The Morgan fingerprint density at radius 2 is 1.78 bits per heavy atom. The van der Waals surface area contributed by atoms with Gasteiger partial charge >= 0.3 is 5.97 Å². The Bertz CT molecular complexity index is 1100. The zero-order valence-corrected chi connectivity index (χ0v) is 15.3. The molecule has 27 heavy (non-hydrogen) atoms. The van der Waals surface area contributed by atoms with Gasteiger partial charge in [-0.15, -0.1) is 0 Å². The van der Waals surface area contributed by atoms with E-state index >= 15 is 0 Å². The van der Waals surface area contributed by atoms with Gasteiger partial charge in [-0.1, -0.05) is 24.3 Å². The van der Waals surface area contributed by atoms with E-state index in [1.54, 1.807) is 44.2 Å². The number of fused-ring (bicyclic) bond motifs is 1. The molecule has 3 aromatic rings. The first kappa shape index (κ1) is 18.3. The lowest BCUT2D eigenvalue weighted by atomic mass is 10.1. The van der Waals surface area contributed by atoms with Gasteiger partial charge in [0.15, 0.2) is 0 Å². The van der Waals surface area contributed by atoms with Gasteiger partial charge in [0, 0.05) is 11.1 Å². The second kappa shape index (κ2) is 7.41. The highest BCUT2D eigenvalue weighted by molar-refractivity contribution is 5.96. The number of benzene rings is 2. The number of nitrogens with zero attached hydrogens (tertiary/aromatic N) is 2. The molecule has 1 aromatic heterocycles. The number of methoxy groups -OCH3 is 1. The quantitative estimate of drug-likeness (QED) is 0.717. The van der Waals surface area contributed by atoms with Crippen molar-refractivity contribution in [2.24, 2.45) is 0 Å². The summed E-state index contributed by atoms with van der Waals surface area (Å²) in [7, 11) is 1.30. The highest BCUT2D eigenvalue weighted by Crippen LogP contribution is 2.19. The van der Waals surface area contributed by atoms with E-state index in [0.29, 0.717) is 27.9 Å². The second-order valence-electron chi connectivity index (χ2n) is 6.11. The summed E-state index contributed by atoms with van der Waals surface area (Å²) in [5.41, 5.74) is 1.78. The van der Waals surface area contributed by atoms with Gasteiger partial charge in [-0.25, -0.2) is 9.48 Å². The number of rotatable bonds is 4. The third kappa shape index (κ3) is 3.57. The predicted molar refractivity (Wildman–Crippen MR) is 102 cm³/mol. The fraction of sp³-hybridized carbons (Fsp3) is 0.200. The molecule has 1 heterocycles. The number of nitrogens with one attached hydrogen (secondary N) is 1.